The predicted octanol–water partition coefficient (Wildman–Crippen LogP) is 2.69. The van der Waals surface area contributed by atoms with Gasteiger partial charge in [-0.15, -0.1) is 11.8 Å². The lowest BCUT2D eigenvalue weighted by Gasteiger charge is -2.13. The molecule has 1 rings (SSSR count). The lowest BCUT2D eigenvalue weighted by atomic mass is 10.2. The SMILES string of the molecule is CCSc1cccc(OCCCOCCOC)c1CN. The van der Waals surface area contributed by atoms with E-state index in [0.717, 1.165) is 23.5 Å². The lowest BCUT2D eigenvalue weighted by Crippen LogP contribution is -2.09. The molecule has 0 saturated heterocycles. The zero-order chi connectivity index (χ0) is 14.6. The minimum atomic E-state index is 0.503. The van der Waals surface area contributed by atoms with E-state index < -0.39 is 0 Å². The Morgan fingerprint density at radius 2 is 2.00 bits per heavy atom. The summed E-state index contributed by atoms with van der Waals surface area (Å²) in [5.41, 5.74) is 6.93. The number of hydrogen-bond donors (Lipinski definition) is 1. The summed E-state index contributed by atoms with van der Waals surface area (Å²) in [6.07, 6.45) is 0.860. The van der Waals surface area contributed by atoms with E-state index in [1.165, 1.54) is 4.90 Å². The molecule has 5 heteroatoms. The normalized spacial score (nSPS) is 10.8. The fourth-order valence-corrected chi connectivity index (χ4v) is 2.60. The molecule has 0 aliphatic heterocycles. The number of hydrogen-bond acceptors (Lipinski definition) is 5. The predicted molar refractivity (Wildman–Crippen MR) is 83.5 cm³/mol. The first-order chi connectivity index (χ1) is 9.83. The van der Waals surface area contributed by atoms with Crippen molar-refractivity contribution < 1.29 is 14.2 Å². The van der Waals surface area contributed by atoms with Gasteiger partial charge in [-0.05, 0) is 17.9 Å². The summed E-state index contributed by atoms with van der Waals surface area (Å²) in [6.45, 7) is 5.23. The first-order valence-electron chi connectivity index (χ1n) is 6.97. The molecule has 0 fully saturated rings. The van der Waals surface area contributed by atoms with Crippen molar-refractivity contribution in [1.29, 1.82) is 0 Å². The van der Waals surface area contributed by atoms with Crippen LogP contribution in [0.2, 0.25) is 0 Å². The average Bonchev–Trinajstić information content (AvgIpc) is 2.47. The topological polar surface area (TPSA) is 53.7 Å². The molecule has 0 bridgehead atoms. The van der Waals surface area contributed by atoms with Gasteiger partial charge in [-0.2, -0.15) is 0 Å². The molecule has 1 aromatic rings. The Labute approximate surface area is 126 Å². The Hall–Kier alpha value is -0.750. The molecule has 20 heavy (non-hydrogen) atoms. The first-order valence-corrected chi connectivity index (χ1v) is 7.96. The largest absolute Gasteiger partial charge is 0.493 e. The van der Waals surface area contributed by atoms with Crippen molar-refractivity contribution in [3.63, 3.8) is 0 Å². The summed E-state index contributed by atoms with van der Waals surface area (Å²) >= 11 is 1.79. The number of thioether (sulfide) groups is 1. The van der Waals surface area contributed by atoms with Gasteiger partial charge >= 0.3 is 0 Å². The molecule has 0 aliphatic carbocycles. The molecule has 0 aromatic heterocycles. The molecular formula is C15H25NO3S. The van der Waals surface area contributed by atoms with Crippen molar-refractivity contribution in [2.45, 2.75) is 24.8 Å². The van der Waals surface area contributed by atoms with E-state index >= 15 is 0 Å². The van der Waals surface area contributed by atoms with Crippen molar-refractivity contribution in [2.24, 2.45) is 5.73 Å². The third-order valence-electron chi connectivity index (χ3n) is 2.72. The molecule has 2 N–H and O–H groups in total. The Kier molecular flexibility index (Phi) is 9.49. The highest BCUT2D eigenvalue weighted by molar-refractivity contribution is 7.99. The second-order valence-electron chi connectivity index (χ2n) is 4.18. The Morgan fingerprint density at radius 1 is 1.15 bits per heavy atom. The smallest absolute Gasteiger partial charge is 0.124 e. The van der Waals surface area contributed by atoms with Gasteiger partial charge in [0.25, 0.3) is 0 Å². The van der Waals surface area contributed by atoms with E-state index in [1.807, 2.05) is 12.1 Å². The molecule has 0 heterocycles. The van der Waals surface area contributed by atoms with Crippen molar-refractivity contribution in [3.8, 4) is 5.75 Å². The maximum atomic E-state index is 5.84. The van der Waals surface area contributed by atoms with Crippen LogP contribution in [-0.2, 0) is 16.0 Å². The summed E-state index contributed by atoms with van der Waals surface area (Å²) in [7, 11) is 1.67. The van der Waals surface area contributed by atoms with Crippen molar-refractivity contribution in [1.82, 2.24) is 0 Å². The fraction of sp³-hybridized carbons (Fsp3) is 0.600. The zero-order valence-electron chi connectivity index (χ0n) is 12.4. The zero-order valence-corrected chi connectivity index (χ0v) is 13.2. The molecule has 0 unspecified atom stereocenters. The molecule has 0 saturated carbocycles. The summed E-state index contributed by atoms with van der Waals surface area (Å²) in [4.78, 5) is 1.21. The van der Waals surface area contributed by atoms with E-state index in [1.54, 1.807) is 18.9 Å². The Balaban J connectivity index is 2.37. The number of ether oxygens (including phenoxy) is 3. The van der Waals surface area contributed by atoms with E-state index in [4.69, 9.17) is 19.9 Å². The van der Waals surface area contributed by atoms with Gasteiger partial charge in [-0.1, -0.05) is 13.0 Å². The molecule has 0 spiro atoms. The minimum absolute atomic E-state index is 0.503. The van der Waals surface area contributed by atoms with Crippen LogP contribution < -0.4 is 10.5 Å². The van der Waals surface area contributed by atoms with Crippen LogP contribution in [0.25, 0.3) is 0 Å². The van der Waals surface area contributed by atoms with E-state index in [-0.39, 0.29) is 0 Å². The molecule has 0 radical (unpaired) electrons. The van der Waals surface area contributed by atoms with Crippen LogP contribution in [0.5, 0.6) is 5.75 Å². The molecule has 0 amide bonds. The summed E-state index contributed by atoms with van der Waals surface area (Å²) in [5, 5.41) is 0. The van der Waals surface area contributed by atoms with Crippen molar-refractivity contribution in [2.75, 3.05) is 39.3 Å². The highest BCUT2D eigenvalue weighted by Crippen LogP contribution is 2.29. The van der Waals surface area contributed by atoms with Gasteiger partial charge in [0.2, 0.25) is 0 Å². The maximum Gasteiger partial charge on any atom is 0.124 e. The molecule has 0 aliphatic rings. The average molecular weight is 299 g/mol. The lowest BCUT2D eigenvalue weighted by molar-refractivity contribution is 0.0644. The van der Waals surface area contributed by atoms with Gasteiger partial charge in [0.05, 0.1) is 19.8 Å². The van der Waals surface area contributed by atoms with Gasteiger partial charge < -0.3 is 19.9 Å². The van der Waals surface area contributed by atoms with Crippen LogP contribution in [0, 0.1) is 0 Å². The second kappa shape index (κ2) is 11.0. The third-order valence-corrected chi connectivity index (χ3v) is 3.70. The molecule has 4 nitrogen and oxygen atoms in total. The van der Waals surface area contributed by atoms with E-state index in [2.05, 4.69) is 13.0 Å². The highest BCUT2D eigenvalue weighted by Gasteiger charge is 2.07. The van der Waals surface area contributed by atoms with Crippen molar-refractivity contribution >= 4 is 11.8 Å². The number of methoxy groups -OCH3 is 1. The standard InChI is InChI=1S/C15H25NO3S/c1-3-20-15-7-4-6-14(13(15)12-16)19-9-5-8-18-11-10-17-2/h4,6-7H,3,5,8-12,16H2,1-2H3. The number of rotatable bonds is 11. The minimum Gasteiger partial charge on any atom is -0.493 e. The second-order valence-corrected chi connectivity index (χ2v) is 5.48. The molecular weight excluding hydrogens is 274 g/mol. The fourth-order valence-electron chi connectivity index (χ4n) is 1.76. The van der Waals surface area contributed by atoms with Gasteiger partial charge in [-0.3, -0.25) is 0 Å². The van der Waals surface area contributed by atoms with Gasteiger partial charge in [-0.25, -0.2) is 0 Å². The Bertz CT molecular complexity index is 374. The van der Waals surface area contributed by atoms with Gasteiger partial charge in [0.15, 0.2) is 0 Å². The quantitative estimate of drug-likeness (QED) is 0.503. The van der Waals surface area contributed by atoms with Crippen molar-refractivity contribution in [3.05, 3.63) is 23.8 Å². The van der Waals surface area contributed by atoms with Gasteiger partial charge in [0, 0.05) is 37.1 Å². The summed E-state index contributed by atoms with van der Waals surface area (Å²) < 4.78 is 16.1. The molecule has 0 atom stereocenters. The van der Waals surface area contributed by atoms with Crippen LogP contribution in [0.15, 0.2) is 23.1 Å². The van der Waals surface area contributed by atoms with E-state index in [9.17, 15) is 0 Å². The van der Waals surface area contributed by atoms with Crippen LogP contribution in [0.3, 0.4) is 0 Å². The number of nitrogens with two attached hydrogens (primary N) is 1. The van der Waals surface area contributed by atoms with E-state index in [0.29, 0.717) is 33.0 Å². The summed E-state index contributed by atoms with van der Waals surface area (Å²) in [5.74, 6) is 1.92. The van der Waals surface area contributed by atoms with Crippen LogP contribution >= 0.6 is 11.8 Å². The number of benzene rings is 1. The highest BCUT2D eigenvalue weighted by atomic mass is 32.2. The maximum absolute atomic E-state index is 5.84. The first kappa shape index (κ1) is 17.3. The van der Waals surface area contributed by atoms with Crippen LogP contribution in [-0.4, -0.2) is 39.3 Å². The van der Waals surface area contributed by atoms with Crippen LogP contribution in [0.4, 0.5) is 0 Å². The molecule has 1 aromatic carbocycles. The van der Waals surface area contributed by atoms with Gasteiger partial charge in [0.1, 0.15) is 5.75 Å². The molecule has 114 valence electrons. The third kappa shape index (κ3) is 6.13. The van der Waals surface area contributed by atoms with Crippen LogP contribution in [0.1, 0.15) is 18.9 Å². The summed E-state index contributed by atoms with van der Waals surface area (Å²) in [6, 6.07) is 6.09. The monoisotopic (exact) mass is 299 g/mol. The Morgan fingerprint density at radius 3 is 2.70 bits per heavy atom.